The van der Waals surface area contributed by atoms with Crippen molar-refractivity contribution < 1.29 is 4.74 Å². The summed E-state index contributed by atoms with van der Waals surface area (Å²) in [6, 6.07) is 5.08. The summed E-state index contributed by atoms with van der Waals surface area (Å²) in [5.41, 5.74) is 2.64. The van der Waals surface area contributed by atoms with Crippen LogP contribution in [0, 0.1) is 6.92 Å². The molecule has 0 aromatic heterocycles. The molecule has 1 unspecified atom stereocenters. The van der Waals surface area contributed by atoms with Crippen molar-refractivity contribution in [1.29, 1.82) is 0 Å². The van der Waals surface area contributed by atoms with Gasteiger partial charge in [-0.3, -0.25) is 0 Å². The van der Waals surface area contributed by atoms with Crippen LogP contribution in [0.3, 0.4) is 0 Å². The van der Waals surface area contributed by atoms with Crippen LogP contribution in [0.25, 0.3) is 0 Å². The molecule has 1 fully saturated rings. The molecule has 3 heteroatoms. The number of benzene rings is 1. The molecular weight excluding hydrogens is 230 g/mol. The van der Waals surface area contributed by atoms with Gasteiger partial charge >= 0.3 is 0 Å². The van der Waals surface area contributed by atoms with Crippen LogP contribution in [0.15, 0.2) is 17.0 Å². The molecule has 0 amide bonds. The van der Waals surface area contributed by atoms with Crippen molar-refractivity contribution >= 4 is 11.8 Å². The summed E-state index contributed by atoms with van der Waals surface area (Å²) in [4.78, 5) is 1.36. The molecule has 1 saturated heterocycles. The second-order valence-corrected chi connectivity index (χ2v) is 5.48. The van der Waals surface area contributed by atoms with Crippen molar-refractivity contribution in [2.45, 2.75) is 37.1 Å². The smallest absolute Gasteiger partial charge is 0.122 e. The Bertz CT molecular complexity index is 386. The molecule has 2 nitrogen and oxygen atoms in total. The number of ether oxygens (including phenoxy) is 1. The van der Waals surface area contributed by atoms with Crippen molar-refractivity contribution in [1.82, 2.24) is 5.32 Å². The molecule has 0 saturated carbocycles. The molecule has 2 rings (SSSR count). The molecule has 1 aromatic rings. The van der Waals surface area contributed by atoms with E-state index in [2.05, 4.69) is 30.6 Å². The topological polar surface area (TPSA) is 21.3 Å². The first-order chi connectivity index (χ1) is 8.24. The molecule has 17 heavy (non-hydrogen) atoms. The molecule has 1 aliphatic heterocycles. The zero-order chi connectivity index (χ0) is 12.3. The lowest BCUT2D eigenvalue weighted by Gasteiger charge is -2.16. The van der Waals surface area contributed by atoms with Crippen LogP contribution in [-0.2, 0) is 6.42 Å². The zero-order valence-corrected chi connectivity index (χ0v) is 11.7. The van der Waals surface area contributed by atoms with Gasteiger partial charge < -0.3 is 10.1 Å². The molecule has 0 spiro atoms. The molecule has 0 aliphatic carbocycles. The summed E-state index contributed by atoms with van der Waals surface area (Å²) in [7, 11) is 1.76. The first-order valence-corrected chi connectivity index (χ1v) is 7.42. The first kappa shape index (κ1) is 12.8. The summed E-state index contributed by atoms with van der Waals surface area (Å²) in [5, 5.41) is 3.55. The predicted molar refractivity (Wildman–Crippen MR) is 74.2 cm³/mol. The van der Waals surface area contributed by atoms with Gasteiger partial charge in [-0.15, -0.1) is 11.8 Å². The van der Waals surface area contributed by atoms with Gasteiger partial charge in [0.15, 0.2) is 0 Å². The summed E-state index contributed by atoms with van der Waals surface area (Å²) >= 11 is 1.81. The Morgan fingerprint density at radius 1 is 1.47 bits per heavy atom. The molecule has 1 aromatic carbocycles. The third-order valence-corrected chi connectivity index (χ3v) is 4.31. The molecule has 0 radical (unpaired) electrons. The van der Waals surface area contributed by atoms with E-state index in [1.807, 2.05) is 11.8 Å². The maximum atomic E-state index is 5.50. The van der Waals surface area contributed by atoms with Crippen LogP contribution in [0.4, 0.5) is 0 Å². The third kappa shape index (κ3) is 2.96. The summed E-state index contributed by atoms with van der Waals surface area (Å²) in [6.07, 6.45) is 5.79. The summed E-state index contributed by atoms with van der Waals surface area (Å²) < 4.78 is 5.50. The van der Waals surface area contributed by atoms with Crippen LogP contribution in [-0.4, -0.2) is 26.0 Å². The maximum absolute atomic E-state index is 5.50. The Kier molecular flexibility index (Phi) is 4.35. The zero-order valence-electron chi connectivity index (χ0n) is 10.9. The summed E-state index contributed by atoms with van der Waals surface area (Å²) in [5.74, 6) is 1.04. The quantitative estimate of drug-likeness (QED) is 0.831. The second kappa shape index (κ2) is 5.78. The van der Waals surface area contributed by atoms with Crippen LogP contribution in [0.5, 0.6) is 5.75 Å². The minimum absolute atomic E-state index is 0.626. The number of hydrogen-bond acceptors (Lipinski definition) is 3. The van der Waals surface area contributed by atoms with E-state index in [-0.39, 0.29) is 0 Å². The minimum atomic E-state index is 0.626. The van der Waals surface area contributed by atoms with Gasteiger partial charge in [0.05, 0.1) is 7.11 Å². The summed E-state index contributed by atoms with van der Waals surface area (Å²) in [6.45, 7) is 3.31. The van der Waals surface area contributed by atoms with Crippen LogP contribution in [0.1, 0.15) is 24.0 Å². The minimum Gasteiger partial charge on any atom is -0.496 e. The monoisotopic (exact) mass is 251 g/mol. The Morgan fingerprint density at radius 2 is 2.29 bits per heavy atom. The Hall–Kier alpha value is -0.670. The number of nitrogens with one attached hydrogen (secondary N) is 1. The van der Waals surface area contributed by atoms with Gasteiger partial charge in [0, 0.05) is 10.9 Å². The van der Waals surface area contributed by atoms with E-state index >= 15 is 0 Å². The molecule has 0 bridgehead atoms. The molecular formula is C14H21NOS. The molecule has 1 heterocycles. The average molecular weight is 251 g/mol. The third-order valence-electron chi connectivity index (χ3n) is 3.43. The normalized spacial score (nSPS) is 19.6. The van der Waals surface area contributed by atoms with Crippen molar-refractivity contribution in [3.8, 4) is 5.75 Å². The highest BCUT2D eigenvalue weighted by molar-refractivity contribution is 7.98. The number of aryl methyl sites for hydroxylation is 1. The van der Waals surface area contributed by atoms with E-state index < -0.39 is 0 Å². The van der Waals surface area contributed by atoms with Crippen LogP contribution in [0.2, 0.25) is 0 Å². The van der Waals surface area contributed by atoms with Crippen molar-refractivity contribution in [3.05, 3.63) is 23.3 Å². The molecule has 1 aliphatic rings. The van der Waals surface area contributed by atoms with Crippen LogP contribution < -0.4 is 10.1 Å². The lowest BCUT2D eigenvalue weighted by Crippen LogP contribution is -2.23. The van der Waals surface area contributed by atoms with E-state index in [1.54, 1.807) is 7.11 Å². The average Bonchev–Trinajstić information content (AvgIpc) is 2.83. The second-order valence-electron chi connectivity index (χ2n) is 4.63. The fraction of sp³-hybridized carbons (Fsp3) is 0.571. The standard InChI is InChI=1S/C14H21NOS/c1-10-7-13(16-2)11(9-14(10)17-3)8-12-5-4-6-15-12/h7,9,12,15H,4-6,8H2,1-3H3. The van der Waals surface area contributed by atoms with Gasteiger partial charge in [0.25, 0.3) is 0 Å². The Labute approximate surface area is 108 Å². The lowest BCUT2D eigenvalue weighted by atomic mass is 10.0. The maximum Gasteiger partial charge on any atom is 0.122 e. The van der Waals surface area contributed by atoms with Gasteiger partial charge in [0.2, 0.25) is 0 Å². The van der Waals surface area contributed by atoms with E-state index in [9.17, 15) is 0 Å². The highest BCUT2D eigenvalue weighted by atomic mass is 32.2. The van der Waals surface area contributed by atoms with E-state index in [0.29, 0.717) is 6.04 Å². The van der Waals surface area contributed by atoms with Gasteiger partial charge in [-0.25, -0.2) is 0 Å². The van der Waals surface area contributed by atoms with Crippen molar-refractivity contribution in [2.24, 2.45) is 0 Å². The fourth-order valence-electron chi connectivity index (χ4n) is 2.47. The fourth-order valence-corrected chi connectivity index (χ4v) is 3.11. The van der Waals surface area contributed by atoms with Gasteiger partial charge in [0.1, 0.15) is 5.75 Å². The number of methoxy groups -OCH3 is 1. The molecule has 1 atom stereocenters. The predicted octanol–water partition coefficient (Wildman–Crippen LogP) is 3.02. The number of hydrogen-bond donors (Lipinski definition) is 1. The first-order valence-electron chi connectivity index (χ1n) is 6.19. The molecule has 1 N–H and O–H groups in total. The van der Waals surface area contributed by atoms with Crippen molar-refractivity contribution in [2.75, 3.05) is 19.9 Å². The SMILES string of the molecule is COc1cc(C)c(SC)cc1CC1CCCN1. The Balaban J connectivity index is 2.23. The lowest BCUT2D eigenvalue weighted by molar-refractivity contribution is 0.406. The van der Waals surface area contributed by atoms with E-state index in [1.165, 1.54) is 28.9 Å². The highest BCUT2D eigenvalue weighted by Gasteiger charge is 2.17. The number of thioether (sulfide) groups is 1. The molecule has 94 valence electrons. The van der Waals surface area contributed by atoms with Gasteiger partial charge in [-0.2, -0.15) is 0 Å². The van der Waals surface area contributed by atoms with Crippen LogP contribution >= 0.6 is 11.8 Å². The largest absolute Gasteiger partial charge is 0.496 e. The van der Waals surface area contributed by atoms with Gasteiger partial charge in [-0.05, 0) is 62.2 Å². The van der Waals surface area contributed by atoms with E-state index in [0.717, 1.165) is 18.7 Å². The highest BCUT2D eigenvalue weighted by Crippen LogP contribution is 2.30. The van der Waals surface area contributed by atoms with Crippen molar-refractivity contribution in [3.63, 3.8) is 0 Å². The Morgan fingerprint density at radius 3 is 2.88 bits per heavy atom. The number of rotatable bonds is 4. The van der Waals surface area contributed by atoms with Gasteiger partial charge in [-0.1, -0.05) is 0 Å². The van der Waals surface area contributed by atoms with E-state index in [4.69, 9.17) is 4.74 Å².